The lowest BCUT2D eigenvalue weighted by molar-refractivity contribution is -0.121. The first kappa shape index (κ1) is 21.0. The van der Waals surface area contributed by atoms with Gasteiger partial charge in [0.2, 0.25) is 17.7 Å². The maximum atomic E-state index is 13.0. The molecular weight excluding hydrogens is 434 g/mol. The Bertz CT molecular complexity index is 1330. The fraction of sp³-hybridized carbons (Fsp3) is 0.115. The summed E-state index contributed by atoms with van der Waals surface area (Å²) in [5.74, 6) is -0.503. The molecule has 3 aromatic carbocycles. The number of H-pyrrole nitrogens is 1. The van der Waals surface area contributed by atoms with Gasteiger partial charge in [-0.1, -0.05) is 36.4 Å². The maximum absolute atomic E-state index is 13.0. The third-order valence-electron chi connectivity index (χ3n) is 5.53. The van der Waals surface area contributed by atoms with Gasteiger partial charge in [0, 0.05) is 28.7 Å². The van der Waals surface area contributed by atoms with E-state index >= 15 is 0 Å². The molecule has 1 atom stereocenters. The van der Waals surface area contributed by atoms with Gasteiger partial charge >= 0.3 is 0 Å². The zero-order chi connectivity index (χ0) is 22.8. The fourth-order valence-electron chi connectivity index (χ4n) is 3.91. The number of anilines is 2. The standard InChI is InChI=1S/C26H21N3O3S/c30-24(14-17-4-2-1-3-5-17)28-19-7-10-21(11-8-19)33-23-16-25(31)29(26(23)32)20-9-6-18-12-13-27-22(18)15-20/h1-13,15,23,27H,14,16H2,(H,28,30). The number of carbonyl (C=O) groups excluding carboxylic acids is 3. The van der Waals surface area contributed by atoms with Crippen LogP contribution in [0, 0.1) is 0 Å². The minimum Gasteiger partial charge on any atom is -0.361 e. The monoisotopic (exact) mass is 455 g/mol. The fourth-order valence-corrected chi connectivity index (χ4v) is 4.96. The summed E-state index contributed by atoms with van der Waals surface area (Å²) in [5, 5.41) is 3.44. The molecule has 2 heterocycles. The molecule has 4 aromatic rings. The van der Waals surface area contributed by atoms with Gasteiger partial charge in [-0.25, -0.2) is 4.90 Å². The summed E-state index contributed by atoms with van der Waals surface area (Å²) in [6.45, 7) is 0. The van der Waals surface area contributed by atoms with Crippen LogP contribution in [0.5, 0.6) is 0 Å². The van der Waals surface area contributed by atoms with E-state index < -0.39 is 5.25 Å². The Balaban J connectivity index is 1.22. The molecule has 1 saturated heterocycles. The van der Waals surface area contributed by atoms with E-state index in [9.17, 15) is 14.4 Å². The van der Waals surface area contributed by atoms with Crippen molar-refractivity contribution in [1.82, 2.24) is 4.98 Å². The molecule has 0 bridgehead atoms. The van der Waals surface area contributed by atoms with E-state index in [0.717, 1.165) is 21.4 Å². The van der Waals surface area contributed by atoms with Crippen molar-refractivity contribution in [2.45, 2.75) is 23.0 Å². The third-order valence-corrected chi connectivity index (χ3v) is 6.72. The zero-order valence-electron chi connectivity index (χ0n) is 17.7. The van der Waals surface area contributed by atoms with Crippen LogP contribution in [0.3, 0.4) is 0 Å². The lowest BCUT2D eigenvalue weighted by atomic mass is 10.1. The van der Waals surface area contributed by atoms with Crippen molar-refractivity contribution in [1.29, 1.82) is 0 Å². The van der Waals surface area contributed by atoms with Crippen LogP contribution in [-0.4, -0.2) is 28.0 Å². The van der Waals surface area contributed by atoms with Crippen molar-refractivity contribution in [2.24, 2.45) is 0 Å². The molecule has 1 unspecified atom stereocenters. The molecular formula is C26H21N3O3S. The number of rotatable bonds is 6. The lowest BCUT2D eigenvalue weighted by Gasteiger charge is -2.15. The molecule has 6 nitrogen and oxygen atoms in total. The van der Waals surface area contributed by atoms with Gasteiger partial charge in [0.05, 0.1) is 17.4 Å². The van der Waals surface area contributed by atoms with Gasteiger partial charge in [-0.2, -0.15) is 0 Å². The Morgan fingerprint density at radius 2 is 1.79 bits per heavy atom. The van der Waals surface area contributed by atoms with Crippen molar-refractivity contribution in [2.75, 3.05) is 10.2 Å². The number of hydrogen-bond donors (Lipinski definition) is 2. The molecule has 1 aromatic heterocycles. The van der Waals surface area contributed by atoms with Crippen LogP contribution in [0.25, 0.3) is 10.9 Å². The first-order chi connectivity index (χ1) is 16.1. The highest BCUT2D eigenvalue weighted by Crippen LogP contribution is 2.35. The first-order valence-corrected chi connectivity index (χ1v) is 11.5. The van der Waals surface area contributed by atoms with Crippen molar-refractivity contribution >= 4 is 51.8 Å². The van der Waals surface area contributed by atoms with E-state index in [1.165, 1.54) is 16.7 Å². The molecule has 33 heavy (non-hydrogen) atoms. The van der Waals surface area contributed by atoms with Gasteiger partial charge < -0.3 is 10.3 Å². The summed E-state index contributed by atoms with van der Waals surface area (Å²) in [4.78, 5) is 43.1. The average Bonchev–Trinajstić information content (AvgIpc) is 3.39. The van der Waals surface area contributed by atoms with Crippen molar-refractivity contribution in [3.63, 3.8) is 0 Å². The van der Waals surface area contributed by atoms with Crippen molar-refractivity contribution < 1.29 is 14.4 Å². The predicted molar refractivity (Wildman–Crippen MR) is 130 cm³/mol. The van der Waals surface area contributed by atoms with E-state index in [0.29, 0.717) is 17.8 Å². The smallest absolute Gasteiger partial charge is 0.247 e. The zero-order valence-corrected chi connectivity index (χ0v) is 18.5. The predicted octanol–water partition coefficient (Wildman–Crippen LogP) is 4.77. The molecule has 0 aliphatic carbocycles. The summed E-state index contributed by atoms with van der Waals surface area (Å²) in [6, 6.07) is 24.3. The molecule has 2 N–H and O–H groups in total. The minimum atomic E-state index is -0.477. The van der Waals surface area contributed by atoms with Crippen molar-refractivity contribution in [3.8, 4) is 0 Å². The number of fused-ring (bicyclic) bond motifs is 1. The van der Waals surface area contributed by atoms with E-state index in [1.54, 1.807) is 6.07 Å². The van der Waals surface area contributed by atoms with Crippen LogP contribution in [0.2, 0.25) is 0 Å². The molecule has 0 saturated carbocycles. The van der Waals surface area contributed by atoms with Crippen LogP contribution in [0.4, 0.5) is 11.4 Å². The number of amides is 3. The SMILES string of the molecule is O=C(Cc1ccccc1)Nc1ccc(SC2CC(=O)N(c3ccc4cc[nH]c4c3)C2=O)cc1. The summed E-state index contributed by atoms with van der Waals surface area (Å²) >= 11 is 1.36. The third kappa shape index (κ3) is 4.54. The molecule has 5 rings (SSSR count). The van der Waals surface area contributed by atoms with Gasteiger partial charge in [-0.3, -0.25) is 14.4 Å². The normalized spacial score (nSPS) is 15.9. The topological polar surface area (TPSA) is 82.3 Å². The molecule has 1 aliphatic heterocycles. The van der Waals surface area contributed by atoms with Crippen molar-refractivity contribution in [3.05, 3.63) is 90.6 Å². The molecule has 0 spiro atoms. The van der Waals surface area contributed by atoms with E-state index in [4.69, 9.17) is 0 Å². The highest BCUT2D eigenvalue weighted by atomic mass is 32.2. The van der Waals surface area contributed by atoms with Gasteiger partial charge in [0.1, 0.15) is 0 Å². The summed E-state index contributed by atoms with van der Waals surface area (Å²) in [7, 11) is 0. The quantitative estimate of drug-likeness (QED) is 0.410. The molecule has 3 amide bonds. The number of nitrogens with zero attached hydrogens (tertiary/aromatic N) is 1. The first-order valence-electron chi connectivity index (χ1n) is 10.6. The average molecular weight is 456 g/mol. The highest BCUT2D eigenvalue weighted by Gasteiger charge is 2.40. The maximum Gasteiger partial charge on any atom is 0.247 e. The second-order valence-corrected chi connectivity index (χ2v) is 9.14. The highest BCUT2D eigenvalue weighted by molar-refractivity contribution is 8.00. The Kier molecular flexibility index (Phi) is 5.71. The largest absolute Gasteiger partial charge is 0.361 e. The number of thioether (sulfide) groups is 1. The second kappa shape index (κ2) is 8.96. The van der Waals surface area contributed by atoms with Crippen LogP contribution in [0.1, 0.15) is 12.0 Å². The van der Waals surface area contributed by atoms with Crippen LogP contribution >= 0.6 is 11.8 Å². The number of aromatic amines is 1. The summed E-state index contributed by atoms with van der Waals surface area (Å²) in [5.41, 5.74) is 3.11. The van der Waals surface area contributed by atoms with Crippen LogP contribution in [0.15, 0.2) is 90.0 Å². The summed E-state index contributed by atoms with van der Waals surface area (Å²) < 4.78 is 0. The molecule has 1 aliphatic rings. The minimum absolute atomic E-state index is 0.0900. The number of carbonyl (C=O) groups is 3. The Hall–Kier alpha value is -3.84. The second-order valence-electron chi connectivity index (χ2n) is 7.86. The van der Waals surface area contributed by atoms with E-state index in [1.807, 2.05) is 79.0 Å². The molecule has 7 heteroatoms. The van der Waals surface area contributed by atoms with E-state index in [-0.39, 0.29) is 24.1 Å². The number of benzene rings is 3. The Labute approximate surface area is 195 Å². The van der Waals surface area contributed by atoms with Crippen LogP contribution in [-0.2, 0) is 20.8 Å². The molecule has 0 radical (unpaired) electrons. The summed E-state index contributed by atoms with van der Waals surface area (Å²) in [6.07, 6.45) is 2.29. The van der Waals surface area contributed by atoms with Crippen LogP contribution < -0.4 is 10.2 Å². The van der Waals surface area contributed by atoms with E-state index in [2.05, 4.69) is 10.3 Å². The lowest BCUT2D eigenvalue weighted by Crippen LogP contribution is -2.31. The van der Waals surface area contributed by atoms with Gasteiger partial charge in [0.15, 0.2) is 0 Å². The molecule has 164 valence electrons. The van der Waals surface area contributed by atoms with Gasteiger partial charge in [-0.15, -0.1) is 11.8 Å². The Morgan fingerprint density at radius 1 is 1.00 bits per heavy atom. The number of aromatic nitrogens is 1. The number of nitrogens with one attached hydrogen (secondary N) is 2. The number of imide groups is 1. The van der Waals surface area contributed by atoms with Gasteiger partial charge in [-0.05, 0) is 53.4 Å². The Morgan fingerprint density at radius 3 is 2.58 bits per heavy atom. The number of hydrogen-bond acceptors (Lipinski definition) is 4. The molecule has 1 fully saturated rings. The van der Waals surface area contributed by atoms with Gasteiger partial charge in [0.25, 0.3) is 0 Å².